The molecular formula is C13H17NO5S. The first kappa shape index (κ1) is 15.0. The quantitative estimate of drug-likeness (QED) is 0.847. The molecular weight excluding hydrogens is 282 g/mol. The van der Waals surface area contributed by atoms with E-state index in [0.717, 1.165) is 5.56 Å². The minimum atomic E-state index is -1.93. The van der Waals surface area contributed by atoms with Gasteiger partial charge in [-0.1, -0.05) is 30.3 Å². The molecule has 2 unspecified atom stereocenters. The number of ether oxygens (including phenoxy) is 2. The molecule has 0 spiro atoms. The first-order valence-electron chi connectivity index (χ1n) is 6.30. The Bertz CT molecular complexity index is 467. The van der Waals surface area contributed by atoms with E-state index in [1.54, 1.807) is 0 Å². The van der Waals surface area contributed by atoms with E-state index in [1.165, 1.54) is 4.90 Å². The van der Waals surface area contributed by atoms with E-state index < -0.39 is 23.3 Å². The summed E-state index contributed by atoms with van der Waals surface area (Å²) in [5.74, 6) is 0.00245. The summed E-state index contributed by atoms with van der Waals surface area (Å²) in [5.41, 5.74) is 0.919. The van der Waals surface area contributed by atoms with Crippen LogP contribution in [0.15, 0.2) is 30.3 Å². The van der Waals surface area contributed by atoms with E-state index in [9.17, 15) is 9.00 Å². The highest BCUT2D eigenvalue weighted by molar-refractivity contribution is 7.79. The molecule has 2 atom stereocenters. The maximum absolute atomic E-state index is 11.9. The van der Waals surface area contributed by atoms with Gasteiger partial charge in [-0.15, -0.1) is 0 Å². The molecule has 1 amide bonds. The summed E-state index contributed by atoms with van der Waals surface area (Å²) >= 11 is -1.93. The summed E-state index contributed by atoms with van der Waals surface area (Å²) in [7, 11) is 0. The minimum Gasteiger partial charge on any atom is -0.445 e. The smallest absolute Gasteiger partial charge is 0.410 e. The van der Waals surface area contributed by atoms with Gasteiger partial charge in [-0.2, -0.15) is 0 Å². The first-order chi connectivity index (χ1) is 9.65. The number of hydrogen-bond acceptors (Lipinski definition) is 4. The second-order valence-corrected chi connectivity index (χ2v) is 5.44. The van der Waals surface area contributed by atoms with Crippen LogP contribution in [-0.2, 0) is 27.2 Å². The van der Waals surface area contributed by atoms with Crippen LogP contribution in [0.4, 0.5) is 4.79 Å². The van der Waals surface area contributed by atoms with Crippen molar-refractivity contribution in [3.05, 3.63) is 35.9 Å². The van der Waals surface area contributed by atoms with Crippen molar-refractivity contribution in [2.45, 2.75) is 12.7 Å². The Morgan fingerprint density at radius 1 is 1.45 bits per heavy atom. The number of carbonyl (C=O) groups excluding carboxylic acids is 1. The van der Waals surface area contributed by atoms with Gasteiger partial charge in [0.25, 0.3) is 0 Å². The average molecular weight is 299 g/mol. The molecule has 1 aliphatic heterocycles. The molecule has 1 aliphatic rings. The predicted octanol–water partition coefficient (Wildman–Crippen LogP) is 1.25. The van der Waals surface area contributed by atoms with Crippen LogP contribution in [0.1, 0.15) is 5.56 Å². The number of amides is 1. The van der Waals surface area contributed by atoms with E-state index in [4.69, 9.17) is 14.0 Å². The number of carbonyl (C=O) groups is 1. The lowest BCUT2D eigenvalue weighted by molar-refractivity contribution is -0.0179. The Morgan fingerprint density at radius 3 is 2.90 bits per heavy atom. The predicted molar refractivity (Wildman–Crippen MR) is 73.6 cm³/mol. The summed E-state index contributed by atoms with van der Waals surface area (Å²) in [5, 5.41) is 0. The van der Waals surface area contributed by atoms with Gasteiger partial charge in [0.2, 0.25) is 0 Å². The average Bonchev–Trinajstić information content (AvgIpc) is 2.45. The van der Waals surface area contributed by atoms with E-state index in [1.807, 2.05) is 30.3 Å². The minimum absolute atomic E-state index is 0.00245. The van der Waals surface area contributed by atoms with Crippen LogP contribution in [-0.4, -0.2) is 51.3 Å². The van der Waals surface area contributed by atoms with Gasteiger partial charge in [0.15, 0.2) is 11.1 Å². The van der Waals surface area contributed by atoms with Crippen molar-refractivity contribution in [3.63, 3.8) is 0 Å². The number of rotatable bonds is 4. The fourth-order valence-corrected chi connectivity index (χ4v) is 2.48. The van der Waals surface area contributed by atoms with Gasteiger partial charge in [0.05, 0.1) is 25.0 Å². The van der Waals surface area contributed by atoms with Gasteiger partial charge in [0.1, 0.15) is 6.61 Å². The van der Waals surface area contributed by atoms with Crippen LogP contribution >= 0.6 is 0 Å². The summed E-state index contributed by atoms with van der Waals surface area (Å²) in [6, 6.07) is 9.41. The molecule has 7 heteroatoms. The van der Waals surface area contributed by atoms with Gasteiger partial charge in [0, 0.05) is 6.54 Å². The molecule has 1 N–H and O–H groups in total. The molecule has 0 aliphatic carbocycles. The molecule has 0 aromatic heterocycles. The highest BCUT2D eigenvalue weighted by atomic mass is 32.2. The van der Waals surface area contributed by atoms with Gasteiger partial charge < -0.3 is 18.9 Å². The van der Waals surface area contributed by atoms with E-state index >= 15 is 0 Å². The first-order valence-corrected chi connectivity index (χ1v) is 7.57. The van der Waals surface area contributed by atoms with E-state index in [-0.39, 0.29) is 18.9 Å². The van der Waals surface area contributed by atoms with Gasteiger partial charge in [-0.3, -0.25) is 0 Å². The van der Waals surface area contributed by atoms with Crippen LogP contribution in [0, 0.1) is 0 Å². The SMILES string of the molecule is O=C(OCc1ccccc1)N1CCOC(CS(=O)O)C1. The van der Waals surface area contributed by atoms with E-state index in [2.05, 4.69) is 0 Å². The third kappa shape index (κ3) is 4.59. The van der Waals surface area contributed by atoms with Gasteiger partial charge in [-0.05, 0) is 5.56 Å². The van der Waals surface area contributed by atoms with Crippen molar-refractivity contribution in [2.24, 2.45) is 0 Å². The maximum atomic E-state index is 11.9. The van der Waals surface area contributed by atoms with Crippen molar-refractivity contribution in [3.8, 4) is 0 Å². The number of morpholine rings is 1. The van der Waals surface area contributed by atoms with Crippen LogP contribution in [0.3, 0.4) is 0 Å². The Hall–Kier alpha value is -1.44. The lowest BCUT2D eigenvalue weighted by Crippen LogP contribution is -2.47. The third-order valence-corrected chi connectivity index (χ3v) is 3.59. The topological polar surface area (TPSA) is 76.1 Å². The lowest BCUT2D eigenvalue weighted by Gasteiger charge is -2.31. The summed E-state index contributed by atoms with van der Waals surface area (Å²) in [4.78, 5) is 13.4. The molecule has 6 nitrogen and oxygen atoms in total. The molecule has 1 heterocycles. The Labute approximate surface area is 120 Å². The summed E-state index contributed by atoms with van der Waals surface area (Å²) < 4.78 is 30.1. The lowest BCUT2D eigenvalue weighted by atomic mass is 10.2. The van der Waals surface area contributed by atoms with Crippen LogP contribution in [0.2, 0.25) is 0 Å². The normalized spacial score (nSPS) is 20.4. The monoisotopic (exact) mass is 299 g/mol. The molecule has 0 bridgehead atoms. The Kier molecular flexibility index (Phi) is 5.51. The highest BCUT2D eigenvalue weighted by Gasteiger charge is 2.26. The summed E-state index contributed by atoms with van der Waals surface area (Å²) in [6.07, 6.45) is -0.843. The molecule has 0 radical (unpaired) electrons. The molecule has 2 rings (SSSR count). The zero-order valence-corrected chi connectivity index (χ0v) is 11.8. The standard InChI is InChI=1S/C13H17NO5S/c15-13(19-9-11-4-2-1-3-5-11)14-6-7-18-12(8-14)10-20(16)17/h1-5,12H,6-10H2,(H,16,17). The fourth-order valence-electron chi connectivity index (χ4n) is 1.96. The zero-order chi connectivity index (χ0) is 14.4. The molecule has 1 fully saturated rings. The second-order valence-electron chi connectivity index (χ2n) is 4.47. The Morgan fingerprint density at radius 2 is 2.20 bits per heavy atom. The molecule has 110 valence electrons. The fraction of sp³-hybridized carbons (Fsp3) is 0.462. The number of nitrogens with zero attached hydrogens (tertiary/aromatic N) is 1. The zero-order valence-electron chi connectivity index (χ0n) is 10.9. The van der Waals surface area contributed by atoms with Crippen molar-refractivity contribution >= 4 is 17.2 Å². The van der Waals surface area contributed by atoms with Crippen LogP contribution in [0.25, 0.3) is 0 Å². The summed E-state index contributed by atoms with van der Waals surface area (Å²) in [6.45, 7) is 1.28. The van der Waals surface area contributed by atoms with E-state index in [0.29, 0.717) is 13.2 Å². The molecule has 1 aromatic carbocycles. The van der Waals surface area contributed by atoms with Crippen molar-refractivity contribution < 1.29 is 23.0 Å². The second kappa shape index (κ2) is 7.37. The van der Waals surface area contributed by atoms with Crippen molar-refractivity contribution in [1.29, 1.82) is 0 Å². The largest absolute Gasteiger partial charge is 0.445 e. The number of benzene rings is 1. The Balaban J connectivity index is 1.81. The highest BCUT2D eigenvalue weighted by Crippen LogP contribution is 2.09. The number of hydrogen-bond donors (Lipinski definition) is 1. The molecule has 20 heavy (non-hydrogen) atoms. The molecule has 0 saturated carbocycles. The maximum Gasteiger partial charge on any atom is 0.410 e. The molecule has 1 aromatic rings. The van der Waals surface area contributed by atoms with Crippen LogP contribution in [0.5, 0.6) is 0 Å². The molecule has 1 saturated heterocycles. The third-order valence-electron chi connectivity index (χ3n) is 2.93. The van der Waals surface area contributed by atoms with Gasteiger partial charge >= 0.3 is 6.09 Å². The van der Waals surface area contributed by atoms with Crippen LogP contribution < -0.4 is 0 Å². The van der Waals surface area contributed by atoms with Crippen molar-refractivity contribution in [2.75, 3.05) is 25.4 Å². The van der Waals surface area contributed by atoms with Crippen molar-refractivity contribution in [1.82, 2.24) is 4.90 Å². The van der Waals surface area contributed by atoms with Gasteiger partial charge in [-0.25, -0.2) is 9.00 Å².